The normalized spacial score (nSPS) is 11.8. The molecule has 0 atom stereocenters. The number of nitrogens with zero attached hydrogens (tertiary/aromatic N) is 1. The van der Waals surface area contributed by atoms with E-state index >= 15 is 0 Å². The summed E-state index contributed by atoms with van der Waals surface area (Å²) in [6, 6.07) is 3.29. The number of nitrogens with one attached hydrogen (secondary N) is 1. The van der Waals surface area contributed by atoms with Gasteiger partial charge in [0.15, 0.2) is 0 Å². The fraction of sp³-hybridized carbons (Fsp3) is 0.308. The minimum Gasteiger partial charge on any atom is -0.392 e. The van der Waals surface area contributed by atoms with Crippen LogP contribution in [0.1, 0.15) is 21.7 Å². The van der Waals surface area contributed by atoms with E-state index in [4.69, 9.17) is 0 Å². The van der Waals surface area contributed by atoms with Gasteiger partial charge in [-0.25, -0.2) is 18.1 Å². The van der Waals surface area contributed by atoms with Crippen LogP contribution in [0.5, 0.6) is 0 Å². The molecule has 0 bridgehead atoms. The topological polar surface area (TPSA) is 79.3 Å². The number of aliphatic hydroxyl groups is 1. The zero-order valence-electron chi connectivity index (χ0n) is 11.3. The van der Waals surface area contributed by atoms with E-state index in [1.165, 1.54) is 17.4 Å². The van der Waals surface area contributed by atoms with Crippen molar-refractivity contribution < 1.29 is 13.5 Å². The molecule has 0 aliphatic heterocycles. The number of aliphatic hydroxyl groups excluding tert-OH is 1. The Kier molecular flexibility index (Phi) is 4.54. The zero-order valence-corrected chi connectivity index (χ0v) is 12.9. The van der Waals surface area contributed by atoms with E-state index in [-0.39, 0.29) is 18.0 Å². The highest BCUT2D eigenvalue weighted by atomic mass is 32.2. The van der Waals surface area contributed by atoms with Crippen LogP contribution in [0.25, 0.3) is 0 Å². The standard InChI is InChI=1S/C13H16N2O3S2/c1-9-5-11(8-16)6-12(10(9)2)20(17,18)15-7-13-14-3-4-19-13/h3-6,15-16H,7-8H2,1-2H3. The molecule has 0 radical (unpaired) electrons. The first kappa shape index (κ1) is 15.1. The van der Waals surface area contributed by atoms with Crippen LogP contribution < -0.4 is 4.72 Å². The lowest BCUT2D eigenvalue weighted by atomic mass is 10.1. The van der Waals surface area contributed by atoms with Gasteiger partial charge in [-0.3, -0.25) is 0 Å². The SMILES string of the molecule is Cc1cc(CO)cc(S(=O)(=O)NCc2nccs2)c1C. The van der Waals surface area contributed by atoms with Gasteiger partial charge in [-0.15, -0.1) is 11.3 Å². The largest absolute Gasteiger partial charge is 0.392 e. The quantitative estimate of drug-likeness (QED) is 0.881. The highest BCUT2D eigenvalue weighted by Crippen LogP contribution is 2.21. The zero-order chi connectivity index (χ0) is 14.8. The van der Waals surface area contributed by atoms with Gasteiger partial charge in [-0.1, -0.05) is 6.07 Å². The van der Waals surface area contributed by atoms with Crippen molar-refractivity contribution in [1.29, 1.82) is 0 Å². The van der Waals surface area contributed by atoms with Gasteiger partial charge in [-0.2, -0.15) is 0 Å². The lowest BCUT2D eigenvalue weighted by molar-refractivity contribution is 0.281. The van der Waals surface area contributed by atoms with E-state index in [9.17, 15) is 13.5 Å². The van der Waals surface area contributed by atoms with Crippen LogP contribution in [-0.4, -0.2) is 18.5 Å². The summed E-state index contributed by atoms with van der Waals surface area (Å²) >= 11 is 1.40. The number of sulfonamides is 1. The highest BCUT2D eigenvalue weighted by Gasteiger charge is 2.19. The molecule has 2 rings (SSSR count). The molecule has 0 aliphatic rings. The van der Waals surface area contributed by atoms with Crippen molar-refractivity contribution in [3.05, 3.63) is 45.4 Å². The Balaban J connectivity index is 2.31. The first-order chi connectivity index (χ1) is 9.44. The second kappa shape index (κ2) is 6.01. The third-order valence-electron chi connectivity index (χ3n) is 3.05. The van der Waals surface area contributed by atoms with Gasteiger partial charge in [0, 0.05) is 11.6 Å². The second-order valence-corrected chi connectivity index (χ2v) is 7.16. The van der Waals surface area contributed by atoms with Gasteiger partial charge in [0.1, 0.15) is 5.01 Å². The van der Waals surface area contributed by atoms with Crippen LogP contribution >= 0.6 is 11.3 Å². The first-order valence-electron chi connectivity index (χ1n) is 6.03. The van der Waals surface area contributed by atoms with E-state index in [0.29, 0.717) is 16.1 Å². The molecule has 2 N–H and O–H groups in total. The summed E-state index contributed by atoms with van der Waals surface area (Å²) in [5.74, 6) is 0. The van der Waals surface area contributed by atoms with E-state index in [1.54, 1.807) is 24.6 Å². The van der Waals surface area contributed by atoms with Gasteiger partial charge in [0.05, 0.1) is 18.0 Å². The average Bonchev–Trinajstić information content (AvgIpc) is 2.92. The number of aryl methyl sites for hydroxylation is 1. The van der Waals surface area contributed by atoms with Gasteiger partial charge < -0.3 is 5.11 Å². The fourth-order valence-electron chi connectivity index (χ4n) is 1.84. The molecule has 1 aromatic heterocycles. The van der Waals surface area contributed by atoms with Crippen molar-refractivity contribution in [2.24, 2.45) is 0 Å². The van der Waals surface area contributed by atoms with Crippen molar-refractivity contribution in [2.45, 2.75) is 31.9 Å². The lowest BCUT2D eigenvalue weighted by Gasteiger charge is -2.12. The number of hydrogen-bond donors (Lipinski definition) is 2. The molecule has 0 spiro atoms. The van der Waals surface area contributed by atoms with Gasteiger partial charge >= 0.3 is 0 Å². The minimum atomic E-state index is -3.62. The Morgan fingerprint density at radius 3 is 2.70 bits per heavy atom. The molecular formula is C13H16N2O3S2. The Morgan fingerprint density at radius 2 is 2.10 bits per heavy atom. The molecule has 0 saturated carbocycles. The van der Waals surface area contributed by atoms with Crippen molar-refractivity contribution in [1.82, 2.24) is 9.71 Å². The van der Waals surface area contributed by atoms with Crippen molar-refractivity contribution in [3.8, 4) is 0 Å². The summed E-state index contributed by atoms with van der Waals surface area (Å²) in [5.41, 5.74) is 2.11. The predicted molar refractivity (Wildman–Crippen MR) is 78.0 cm³/mol. The Labute approximate surface area is 122 Å². The van der Waals surface area contributed by atoms with Crippen molar-refractivity contribution in [3.63, 3.8) is 0 Å². The fourth-order valence-corrected chi connectivity index (χ4v) is 3.84. The molecule has 108 valence electrons. The minimum absolute atomic E-state index is 0.168. The van der Waals surface area contributed by atoms with Crippen LogP contribution in [-0.2, 0) is 23.2 Å². The van der Waals surface area contributed by atoms with Gasteiger partial charge in [0.2, 0.25) is 10.0 Å². The molecule has 0 unspecified atom stereocenters. The highest BCUT2D eigenvalue weighted by molar-refractivity contribution is 7.89. The molecule has 0 saturated heterocycles. The Bertz CT molecular complexity index is 695. The first-order valence-corrected chi connectivity index (χ1v) is 8.39. The predicted octanol–water partition coefficient (Wildman–Crippen LogP) is 1.73. The molecule has 0 amide bonds. The molecule has 0 fully saturated rings. The Morgan fingerprint density at radius 1 is 1.35 bits per heavy atom. The van der Waals surface area contributed by atoms with Crippen molar-refractivity contribution in [2.75, 3.05) is 0 Å². The summed E-state index contributed by atoms with van der Waals surface area (Å²) < 4.78 is 27.2. The third-order valence-corrected chi connectivity index (χ3v) is 5.36. The number of rotatable bonds is 5. The number of aromatic nitrogens is 1. The summed E-state index contributed by atoms with van der Waals surface area (Å²) in [6.45, 7) is 3.57. The summed E-state index contributed by atoms with van der Waals surface area (Å²) in [6.07, 6.45) is 1.64. The van der Waals surface area contributed by atoms with Crippen LogP contribution in [0.4, 0.5) is 0 Å². The van der Waals surface area contributed by atoms with Gasteiger partial charge in [0.25, 0.3) is 0 Å². The number of thiazole rings is 1. The van der Waals surface area contributed by atoms with Crippen LogP contribution in [0.15, 0.2) is 28.6 Å². The maximum absolute atomic E-state index is 12.4. The van der Waals surface area contributed by atoms with Gasteiger partial charge in [-0.05, 0) is 36.6 Å². The second-order valence-electron chi connectivity index (χ2n) is 4.44. The molecule has 0 aliphatic carbocycles. The molecule has 1 heterocycles. The average molecular weight is 312 g/mol. The number of benzene rings is 1. The molecule has 2 aromatic rings. The van der Waals surface area contributed by atoms with E-state index in [1.807, 2.05) is 6.92 Å². The van der Waals surface area contributed by atoms with E-state index < -0.39 is 10.0 Å². The van der Waals surface area contributed by atoms with Crippen molar-refractivity contribution >= 4 is 21.4 Å². The Hall–Kier alpha value is -1.28. The maximum Gasteiger partial charge on any atom is 0.241 e. The lowest BCUT2D eigenvalue weighted by Crippen LogP contribution is -2.24. The summed E-state index contributed by atoms with van der Waals surface area (Å²) in [7, 11) is -3.62. The third kappa shape index (κ3) is 3.24. The van der Waals surface area contributed by atoms with Crippen LogP contribution in [0.2, 0.25) is 0 Å². The maximum atomic E-state index is 12.4. The summed E-state index contributed by atoms with van der Waals surface area (Å²) in [4.78, 5) is 4.24. The van der Waals surface area contributed by atoms with E-state index in [2.05, 4.69) is 9.71 Å². The van der Waals surface area contributed by atoms with E-state index in [0.717, 1.165) is 5.56 Å². The van der Waals surface area contributed by atoms with Crippen LogP contribution in [0.3, 0.4) is 0 Å². The monoisotopic (exact) mass is 312 g/mol. The summed E-state index contributed by atoms with van der Waals surface area (Å²) in [5, 5.41) is 11.7. The molecule has 7 heteroatoms. The smallest absolute Gasteiger partial charge is 0.241 e. The molecular weight excluding hydrogens is 296 g/mol. The molecule has 1 aromatic carbocycles. The number of hydrogen-bond acceptors (Lipinski definition) is 5. The molecule has 5 nitrogen and oxygen atoms in total. The molecule has 20 heavy (non-hydrogen) atoms. The van der Waals surface area contributed by atoms with Crippen LogP contribution in [0, 0.1) is 13.8 Å².